The van der Waals surface area contributed by atoms with Crippen LogP contribution >= 0.6 is 0 Å². The van der Waals surface area contributed by atoms with E-state index in [4.69, 9.17) is 25.3 Å². The second-order valence-corrected chi connectivity index (χ2v) is 11.1. The molecule has 0 aliphatic rings. The maximum atomic E-state index is 11.7. The Kier molecular flexibility index (Phi) is 15.4. The molecule has 0 aliphatic carbocycles. The second kappa shape index (κ2) is 14.9. The summed E-state index contributed by atoms with van der Waals surface area (Å²) in [6, 6.07) is 6.45. The molecule has 1 aromatic rings. The summed E-state index contributed by atoms with van der Waals surface area (Å²) in [5.74, 6) is 4.97. The SMILES string of the molecule is CC(C)(O)CCNN.CC(C)(O)CCO.Cc1ccc(S(=O)(=O)OCCC(C)(C)O)cc1. The number of hydrogen-bond donors (Lipinski definition) is 6. The van der Waals surface area contributed by atoms with E-state index in [-0.39, 0.29) is 24.5 Å². The molecule has 0 bridgehead atoms. The number of hydrazine groups is 1. The predicted octanol–water partition coefficient (Wildman–Crippen LogP) is 1.61. The highest BCUT2D eigenvalue weighted by atomic mass is 32.2. The molecule has 0 fully saturated rings. The zero-order valence-corrected chi connectivity index (χ0v) is 21.4. The first-order valence-electron chi connectivity index (χ1n) is 10.5. The van der Waals surface area contributed by atoms with Crippen molar-refractivity contribution in [3.05, 3.63) is 29.8 Å². The minimum atomic E-state index is -3.71. The van der Waals surface area contributed by atoms with Crippen molar-refractivity contribution in [3.63, 3.8) is 0 Å². The molecule has 0 saturated carbocycles. The highest BCUT2D eigenvalue weighted by Crippen LogP contribution is 2.15. The first-order valence-corrected chi connectivity index (χ1v) is 11.9. The molecule has 0 radical (unpaired) electrons. The average molecular weight is 481 g/mol. The fourth-order valence-corrected chi connectivity index (χ4v) is 2.73. The lowest BCUT2D eigenvalue weighted by Crippen LogP contribution is -2.30. The second-order valence-electron chi connectivity index (χ2n) is 9.45. The van der Waals surface area contributed by atoms with Gasteiger partial charge in [0.25, 0.3) is 10.1 Å². The molecule has 7 N–H and O–H groups in total. The summed E-state index contributed by atoms with van der Waals surface area (Å²) in [7, 11) is -3.71. The Morgan fingerprint density at radius 2 is 1.31 bits per heavy atom. The van der Waals surface area contributed by atoms with Crippen LogP contribution in [0.5, 0.6) is 0 Å². The molecule has 0 saturated heterocycles. The first-order chi connectivity index (χ1) is 14.3. The lowest BCUT2D eigenvalue weighted by atomic mass is 10.1. The number of aliphatic hydroxyl groups is 4. The van der Waals surface area contributed by atoms with Crippen molar-refractivity contribution in [2.45, 2.75) is 89.4 Å². The van der Waals surface area contributed by atoms with Crippen LogP contribution in [0.4, 0.5) is 0 Å². The molecule has 190 valence electrons. The van der Waals surface area contributed by atoms with Crippen LogP contribution in [0.25, 0.3) is 0 Å². The Bertz CT molecular complexity index is 702. The van der Waals surface area contributed by atoms with Crippen LogP contribution in [0, 0.1) is 6.92 Å². The highest BCUT2D eigenvalue weighted by molar-refractivity contribution is 7.86. The lowest BCUT2D eigenvalue weighted by Gasteiger charge is -2.16. The molecule has 0 aliphatic heterocycles. The third-order valence-corrected chi connectivity index (χ3v) is 5.19. The Morgan fingerprint density at radius 3 is 1.59 bits per heavy atom. The van der Waals surface area contributed by atoms with Gasteiger partial charge in [0, 0.05) is 19.6 Å². The number of nitrogens with one attached hydrogen (secondary N) is 1. The predicted molar refractivity (Wildman–Crippen MR) is 126 cm³/mol. The molecule has 10 heteroatoms. The summed E-state index contributed by atoms with van der Waals surface area (Å²) in [6.45, 7) is 12.6. The van der Waals surface area contributed by atoms with Gasteiger partial charge in [-0.2, -0.15) is 8.42 Å². The summed E-state index contributed by atoms with van der Waals surface area (Å²) in [5, 5.41) is 35.6. The van der Waals surface area contributed by atoms with Gasteiger partial charge in [-0.05, 0) is 73.4 Å². The van der Waals surface area contributed by atoms with E-state index in [1.807, 2.05) is 6.92 Å². The standard InChI is InChI=1S/C12H18O4S.C5H14N2O.C5H12O2/c1-10-4-6-11(7-5-10)17(14,15)16-9-8-12(2,3)13;1-5(2,8)3-4-7-6;1-5(2,7)3-4-6/h4-7,13H,8-9H2,1-3H3;7-8H,3-4,6H2,1-2H3;6-7H,3-4H2,1-2H3. The van der Waals surface area contributed by atoms with Crippen molar-refractivity contribution in [2.75, 3.05) is 19.8 Å². The summed E-state index contributed by atoms with van der Waals surface area (Å²) < 4.78 is 28.3. The van der Waals surface area contributed by atoms with E-state index in [2.05, 4.69) is 5.43 Å². The van der Waals surface area contributed by atoms with Crippen LogP contribution in [0.3, 0.4) is 0 Å². The zero-order chi connectivity index (χ0) is 25.6. The van der Waals surface area contributed by atoms with E-state index in [0.717, 1.165) is 5.56 Å². The maximum Gasteiger partial charge on any atom is 0.296 e. The number of nitrogens with two attached hydrogens (primary N) is 1. The van der Waals surface area contributed by atoms with Gasteiger partial charge in [0.05, 0.1) is 28.3 Å². The van der Waals surface area contributed by atoms with Gasteiger partial charge < -0.3 is 20.4 Å². The van der Waals surface area contributed by atoms with Crippen molar-refractivity contribution in [2.24, 2.45) is 5.84 Å². The van der Waals surface area contributed by atoms with Crippen molar-refractivity contribution < 1.29 is 33.0 Å². The summed E-state index contributed by atoms with van der Waals surface area (Å²) in [6.07, 6.45) is 1.40. The normalized spacial score (nSPS) is 12.4. The van der Waals surface area contributed by atoms with Crippen LogP contribution in [-0.4, -0.2) is 65.4 Å². The van der Waals surface area contributed by atoms with Crippen LogP contribution in [0.1, 0.15) is 66.4 Å². The Morgan fingerprint density at radius 1 is 0.875 bits per heavy atom. The number of aliphatic hydroxyl groups excluding tert-OH is 1. The van der Waals surface area contributed by atoms with Gasteiger partial charge in [-0.15, -0.1) is 0 Å². The van der Waals surface area contributed by atoms with Crippen LogP contribution in [-0.2, 0) is 14.3 Å². The largest absolute Gasteiger partial charge is 0.396 e. The van der Waals surface area contributed by atoms with E-state index in [0.29, 0.717) is 19.4 Å². The quantitative estimate of drug-likeness (QED) is 0.166. The van der Waals surface area contributed by atoms with Crippen molar-refractivity contribution in [1.29, 1.82) is 0 Å². The fraction of sp³-hybridized carbons (Fsp3) is 0.727. The lowest BCUT2D eigenvalue weighted by molar-refractivity contribution is 0.0513. The number of aryl methyl sites for hydroxylation is 1. The van der Waals surface area contributed by atoms with Crippen LogP contribution < -0.4 is 11.3 Å². The first kappa shape index (κ1) is 33.1. The third kappa shape index (κ3) is 22.1. The number of hydrogen-bond acceptors (Lipinski definition) is 9. The topological polar surface area (TPSA) is 162 Å². The molecule has 0 spiro atoms. The van der Waals surface area contributed by atoms with Gasteiger partial charge in [-0.3, -0.25) is 15.5 Å². The summed E-state index contributed by atoms with van der Waals surface area (Å²) in [4.78, 5) is 0.138. The van der Waals surface area contributed by atoms with Gasteiger partial charge in [0.2, 0.25) is 0 Å². The molecule has 0 aromatic heterocycles. The van der Waals surface area contributed by atoms with Crippen molar-refractivity contribution in [1.82, 2.24) is 5.43 Å². The zero-order valence-electron chi connectivity index (χ0n) is 20.6. The Labute approximate surface area is 193 Å². The molecule has 0 heterocycles. The van der Waals surface area contributed by atoms with Crippen molar-refractivity contribution >= 4 is 10.1 Å². The van der Waals surface area contributed by atoms with E-state index in [1.165, 1.54) is 12.1 Å². The average Bonchev–Trinajstić information content (AvgIpc) is 2.58. The summed E-state index contributed by atoms with van der Waals surface area (Å²) in [5.41, 5.74) is 1.23. The fourth-order valence-electron chi connectivity index (χ4n) is 1.83. The van der Waals surface area contributed by atoms with Gasteiger partial charge >= 0.3 is 0 Å². The minimum Gasteiger partial charge on any atom is -0.396 e. The smallest absolute Gasteiger partial charge is 0.296 e. The molecule has 0 amide bonds. The molecule has 1 rings (SSSR count). The van der Waals surface area contributed by atoms with E-state index >= 15 is 0 Å². The highest BCUT2D eigenvalue weighted by Gasteiger charge is 2.18. The van der Waals surface area contributed by atoms with E-state index < -0.39 is 26.9 Å². The monoisotopic (exact) mass is 480 g/mol. The maximum absolute atomic E-state index is 11.7. The van der Waals surface area contributed by atoms with E-state index in [9.17, 15) is 13.5 Å². The molecule has 1 aromatic carbocycles. The summed E-state index contributed by atoms with van der Waals surface area (Å²) >= 11 is 0. The Hall–Kier alpha value is -1.11. The minimum absolute atomic E-state index is 0.0281. The van der Waals surface area contributed by atoms with Gasteiger partial charge in [0.1, 0.15) is 0 Å². The molecular weight excluding hydrogens is 436 g/mol. The number of benzene rings is 1. The Balaban J connectivity index is 0. The van der Waals surface area contributed by atoms with Gasteiger partial charge in [-0.1, -0.05) is 17.7 Å². The molecule has 32 heavy (non-hydrogen) atoms. The van der Waals surface area contributed by atoms with Crippen LogP contribution in [0.2, 0.25) is 0 Å². The van der Waals surface area contributed by atoms with Gasteiger partial charge in [-0.25, -0.2) is 0 Å². The van der Waals surface area contributed by atoms with E-state index in [1.54, 1.807) is 53.7 Å². The molecular formula is C22H44N2O7S. The number of rotatable bonds is 10. The molecule has 0 unspecified atom stereocenters. The van der Waals surface area contributed by atoms with Crippen molar-refractivity contribution in [3.8, 4) is 0 Å². The van der Waals surface area contributed by atoms with Gasteiger partial charge in [0.15, 0.2) is 0 Å². The molecule has 0 atom stereocenters. The van der Waals surface area contributed by atoms with Crippen LogP contribution in [0.15, 0.2) is 29.2 Å². The molecule has 9 nitrogen and oxygen atoms in total. The third-order valence-electron chi connectivity index (χ3n) is 3.87.